The van der Waals surface area contributed by atoms with Crippen LogP contribution in [0.4, 0.5) is 0 Å². The van der Waals surface area contributed by atoms with Crippen LogP contribution in [-0.2, 0) is 16.4 Å². The van der Waals surface area contributed by atoms with Gasteiger partial charge in [-0.05, 0) is 50.0 Å². The van der Waals surface area contributed by atoms with Gasteiger partial charge in [0, 0.05) is 31.5 Å². The highest BCUT2D eigenvalue weighted by Gasteiger charge is 2.22. The topological polar surface area (TPSA) is 88.3 Å². The van der Waals surface area contributed by atoms with Crippen molar-refractivity contribution in [1.82, 2.24) is 14.6 Å². The van der Waals surface area contributed by atoms with Crippen LogP contribution in [0, 0.1) is 0 Å². The van der Waals surface area contributed by atoms with Gasteiger partial charge in [0.1, 0.15) is 0 Å². The standard InChI is InChI=1S/C14H24N4O2S/c15-6-11-18-9-3-14(4-10-18)17-21(19,20)12-5-13-1-7-16-8-2-13/h1-2,7-8,14,17H,3-6,9-12,15H2. The maximum Gasteiger partial charge on any atom is 0.212 e. The molecule has 1 fully saturated rings. The highest BCUT2D eigenvalue weighted by molar-refractivity contribution is 7.89. The van der Waals surface area contributed by atoms with Crippen molar-refractivity contribution in [2.75, 3.05) is 31.9 Å². The predicted molar refractivity (Wildman–Crippen MR) is 83.4 cm³/mol. The van der Waals surface area contributed by atoms with Crippen LogP contribution in [0.5, 0.6) is 0 Å². The molecule has 1 aliphatic heterocycles. The first kappa shape index (κ1) is 16.4. The molecule has 0 amide bonds. The Labute approximate surface area is 126 Å². The van der Waals surface area contributed by atoms with E-state index in [-0.39, 0.29) is 11.8 Å². The molecular formula is C14H24N4O2S. The van der Waals surface area contributed by atoms with Gasteiger partial charge >= 0.3 is 0 Å². The van der Waals surface area contributed by atoms with Gasteiger partial charge < -0.3 is 10.6 Å². The van der Waals surface area contributed by atoms with Crippen molar-refractivity contribution < 1.29 is 8.42 Å². The highest BCUT2D eigenvalue weighted by Crippen LogP contribution is 2.11. The molecule has 1 saturated heterocycles. The van der Waals surface area contributed by atoms with E-state index in [4.69, 9.17) is 5.73 Å². The fraction of sp³-hybridized carbons (Fsp3) is 0.643. The molecule has 0 aliphatic carbocycles. The average molecular weight is 312 g/mol. The van der Waals surface area contributed by atoms with Gasteiger partial charge in [-0.3, -0.25) is 4.98 Å². The highest BCUT2D eigenvalue weighted by atomic mass is 32.2. The first-order valence-corrected chi connectivity index (χ1v) is 9.05. The summed E-state index contributed by atoms with van der Waals surface area (Å²) in [5.41, 5.74) is 6.53. The lowest BCUT2D eigenvalue weighted by molar-refractivity contribution is 0.212. The molecule has 0 atom stereocenters. The van der Waals surface area contributed by atoms with E-state index in [2.05, 4.69) is 14.6 Å². The van der Waals surface area contributed by atoms with E-state index in [0.717, 1.165) is 38.0 Å². The predicted octanol–water partition coefficient (Wildman–Crippen LogP) is -0.0334. The molecule has 2 rings (SSSR count). The molecule has 0 saturated carbocycles. The molecule has 0 spiro atoms. The van der Waals surface area contributed by atoms with E-state index in [0.29, 0.717) is 13.0 Å². The minimum Gasteiger partial charge on any atom is -0.329 e. The summed E-state index contributed by atoms with van der Waals surface area (Å²) in [6.45, 7) is 3.37. The van der Waals surface area contributed by atoms with Gasteiger partial charge in [-0.1, -0.05) is 0 Å². The maximum atomic E-state index is 12.1. The number of nitrogens with two attached hydrogens (primary N) is 1. The molecule has 0 bridgehead atoms. The number of nitrogens with one attached hydrogen (secondary N) is 1. The van der Waals surface area contributed by atoms with E-state index in [1.54, 1.807) is 12.4 Å². The zero-order chi connectivity index (χ0) is 15.1. The molecule has 2 heterocycles. The Morgan fingerprint density at radius 3 is 2.57 bits per heavy atom. The Bertz CT molecular complexity index is 513. The van der Waals surface area contributed by atoms with Gasteiger partial charge in [0.25, 0.3) is 0 Å². The third-order valence-corrected chi connectivity index (χ3v) is 5.22. The molecule has 1 aliphatic rings. The first-order valence-electron chi connectivity index (χ1n) is 7.40. The van der Waals surface area contributed by atoms with Crippen LogP contribution in [0.15, 0.2) is 24.5 Å². The largest absolute Gasteiger partial charge is 0.329 e. The number of hydrogen-bond acceptors (Lipinski definition) is 5. The SMILES string of the molecule is NCCN1CCC(NS(=O)(=O)CCc2ccncc2)CC1. The van der Waals surface area contributed by atoms with Crippen molar-refractivity contribution >= 4 is 10.0 Å². The number of aromatic nitrogens is 1. The van der Waals surface area contributed by atoms with Gasteiger partial charge in [0.15, 0.2) is 0 Å². The van der Waals surface area contributed by atoms with E-state index >= 15 is 0 Å². The number of rotatable bonds is 7. The van der Waals surface area contributed by atoms with Crippen LogP contribution in [0.2, 0.25) is 0 Å². The van der Waals surface area contributed by atoms with E-state index < -0.39 is 10.0 Å². The van der Waals surface area contributed by atoms with E-state index in [9.17, 15) is 8.42 Å². The third-order valence-electron chi connectivity index (χ3n) is 3.79. The Morgan fingerprint density at radius 2 is 1.95 bits per heavy atom. The molecular weight excluding hydrogens is 288 g/mol. The molecule has 118 valence electrons. The molecule has 3 N–H and O–H groups in total. The lowest BCUT2D eigenvalue weighted by atomic mass is 10.1. The Hall–Kier alpha value is -1.02. The molecule has 7 heteroatoms. The summed E-state index contributed by atoms with van der Waals surface area (Å²) in [7, 11) is -3.22. The summed E-state index contributed by atoms with van der Waals surface area (Å²) >= 11 is 0. The number of hydrogen-bond donors (Lipinski definition) is 2. The van der Waals surface area contributed by atoms with Crippen molar-refractivity contribution in [1.29, 1.82) is 0 Å². The lowest BCUT2D eigenvalue weighted by Gasteiger charge is -2.31. The second-order valence-corrected chi connectivity index (χ2v) is 7.32. The van der Waals surface area contributed by atoms with Crippen molar-refractivity contribution in [2.45, 2.75) is 25.3 Å². The molecule has 0 aromatic carbocycles. The fourth-order valence-corrected chi connectivity index (χ4v) is 3.94. The van der Waals surface area contributed by atoms with Gasteiger partial charge in [-0.15, -0.1) is 0 Å². The second-order valence-electron chi connectivity index (χ2n) is 5.45. The van der Waals surface area contributed by atoms with Gasteiger partial charge in [0.05, 0.1) is 5.75 Å². The minimum absolute atomic E-state index is 0.0569. The quantitative estimate of drug-likeness (QED) is 0.738. The van der Waals surface area contributed by atoms with Crippen LogP contribution >= 0.6 is 0 Å². The summed E-state index contributed by atoms with van der Waals surface area (Å²) in [6, 6.07) is 3.75. The summed E-state index contributed by atoms with van der Waals surface area (Å²) in [4.78, 5) is 6.21. The molecule has 0 radical (unpaired) electrons. The number of likely N-dealkylation sites (tertiary alicyclic amines) is 1. The number of piperidine rings is 1. The van der Waals surface area contributed by atoms with Crippen LogP contribution in [0.1, 0.15) is 18.4 Å². The average Bonchev–Trinajstić information content (AvgIpc) is 2.48. The zero-order valence-electron chi connectivity index (χ0n) is 12.2. The molecule has 1 aromatic heterocycles. The maximum absolute atomic E-state index is 12.1. The lowest BCUT2D eigenvalue weighted by Crippen LogP contribution is -2.46. The third kappa shape index (κ3) is 5.70. The number of pyridine rings is 1. The Morgan fingerprint density at radius 1 is 1.29 bits per heavy atom. The summed E-state index contributed by atoms with van der Waals surface area (Å²) in [5, 5.41) is 0. The van der Waals surface area contributed by atoms with Gasteiger partial charge in [-0.25, -0.2) is 13.1 Å². The fourth-order valence-electron chi connectivity index (χ4n) is 2.57. The monoisotopic (exact) mass is 312 g/mol. The van der Waals surface area contributed by atoms with Crippen molar-refractivity contribution in [2.24, 2.45) is 5.73 Å². The second kappa shape index (κ2) is 7.84. The summed E-state index contributed by atoms with van der Waals surface area (Å²) < 4.78 is 27.1. The number of aryl methyl sites for hydroxylation is 1. The van der Waals surface area contributed by atoms with Crippen LogP contribution in [0.25, 0.3) is 0 Å². The van der Waals surface area contributed by atoms with Crippen LogP contribution in [0.3, 0.4) is 0 Å². The van der Waals surface area contributed by atoms with E-state index in [1.807, 2.05) is 12.1 Å². The van der Waals surface area contributed by atoms with Gasteiger partial charge in [-0.2, -0.15) is 0 Å². The first-order chi connectivity index (χ1) is 10.1. The molecule has 21 heavy (non-hydrogen) atoms. The van der Waals surface area contributed by atoms with Crippen molar-refractivity contribution in [3.05, 3.63) is 30.1 Å². The van der Waals surface area contributed by atoms with E-state index in [1.165, 1.54) is 0 Å². The normalized spacial score (nSPS) is 18.0. The number of nitrogens with zero attached hydrogens (tertiary/aromatic N) is 2. The summed E-state index contributed by atoms with van der Waals surface area (Å²) in [5.74, 6) is 0.125. The van der Waals surface area contributed by atoms with Crippen LogP contribution in [-0.4, -0.2) is 56.3 Å². The van der Waals surface area contributed by atoms with Gasteiger partial charge in [0.2, 0.25) is 10.0 Å². The minimum atomic E-state index is -3.22. The van der Waals surface area contributed by atoms with Crippen molar-refractivity contribution in [3.63, 3.8) is 0 Å². The number of sulfonamides is 1. The zero-order valence-corrected chi connectivity index (χ0v) is 13.1. The Kier molecular flexibility index (Phi) is 6.10. The molecule has 1 aromatic rings. The Balaban J connectivity index is 1.76. The van der Waals surface area contributed by atoms with Crippen LogP contribution < -0.4 is 10.5 Å². The molecule has 6 nitrogen and oxygen atoms in total. The van der Waals surface area contributed by atoms with Crippen molar-refractivity contribution in [3.8, 4) is 0 Å². The molecule has 0 unspecified atom stereocenters. The summed E-state index contributed by atoms with van der Waals surface area (Å²) in [6.07, 6.45) is 5.60. The smallest absolute Gasteiger partial charge is 0.212 e.